The Morgan fingerprint density at radius 1 is 1.10 bits per heavy atom. The fourth-order valence-electron chi connectivity index (χ4n) is 2.35. The van der Waals surface area contributed by atoms with Crippen LogP contribution in [0.25, 0.3) is 11.0 Å². The zero-order valence-corrected chi connectivity index (χ0v) is 11.9. The molecule has 3 N–H and O–H groups in total. The first-order valence-electron chi connectivity index (χ1n) is 6.95. The predicted octanol–water partition coefficient (Wildman–Crippen LogP) is 3.86. The molecule has 0 aliphatic rings. The molecule has 0 fully saturated rings. The average molecular weight is 265 g/mol. The molecular formula is C17H19N3. The molecule has 0 atom stereocenters. The highest BCUT2D eigenvalue weighted by Gasteiger charge is 2.06. The summed E-state index contributed by atoms with van der Waals surface area (Å²) in [5.74, 6) is 1.52. The van der Waals surface area contributed by atoms with Gasteiger partial charge in [-0.1, -0.05) is 32.0 Å². The maximum atomic E-state index is 5.70. The molecule has 0 unspecified atom stereocenters. The number of imidazole rings is 1. The molecule has 3 rings (SSSR count). The lowest BCUT2D eigenvalue weighted by atomic mass is 10.0. The van der Waals surface area contributed by atoms with E-state index in [0.717, 1.165) is 29.0 Å². The van der Waals surface area contributed by atoms with Crippen LogP contribution in [0, 0.1) is 0 Å². The molecule has 0 saturated carbocycles. The number of hydrogen-bond donors (Lipinski definition) is 2. The number of nitrogen functional groups attached to an aromatic ring is 1. The van der Waals surface area contributed by atoms with Gasteiger partial charge in [0.15, 0.2) is 0 Å². The van der Waals surface area contributed by atoms with Crippen LogP contribution in [0.4, 0.5) is 5.69 Å². The quantitative estimate of drug-likeness (QED) is 0.706. The number of aromatic nitrogens is 2. The second kappa shape index (κ2) is 5.00. The van der Waals surface area contributed by atoms with Crippen LogP contribution in [-0.2, 0) is 6.42 Å². The van der Waals surface area contributed by atoms with E-state index in [-0.39, 0.29) is 0 Å². The van der Waals surface area contributed by atoms with Gasteiger partial charge in [0.25, 0.3) is 0 Å². The highest BCUT2D eigenvalue weighted by Crippen LogP contribution is 2.20. The third-order valence-electron chi connectivity index (χ3n) is 3.57. The van der Waals surface area contributed by atoms with Crippen molar-refractivity contribution in [3.8, 4) is 0 Å². The van der Waals surface area contributed by atoms with E-state index in [1.165, 1.54) is 11.1 Å². The van der Waals surface area contributed by atoms with E-state index < -0.39 is 0 Å². The summed E-state index contributed by atoms with van der Waals surface area (Å²) in [6.07, 6.45) is 0.798. The molecule has 0 aliphatic carbocycles. The van der Waals surface area contributed by atoms with E-state index in [2.05, 4.69) is 42.0 Å². The third kappa shape index (κ3) is 2.52. The van der Waals surface area contributed by atoms with E-state index in [0.29, 0.717) is 5.92 Å². The topological polar surface area (TPSA) is 54.7 Å². The van der Waals surface area contributed by atoms with Gasteiger partial charge in [-0.15, -0.1) is 0 Å². The number of nitrogens with one attached hydrogen (secondary N) is 1. The zero-order valence-electron chi connectivity index (χ0n) is 11.9. The smallest absolute Gasteiger partial charge is 0.111 e. The van der Waals surface area contributed by atoms with E-state index >= 15 is 0 Å². The normalized spacial score (nSPS) is 11.3. The van der Waals surface area contributed by atoms with Crippen LogP contribution >= 0.6 is 0 Å². The largest absolute Gasteiger partial charge is 0.399 e. The number of benzene rings is 2. The summed E-state index contributed by atoms with van der Waals surface area (Å²) in [7, 11) is 0. The van der Waals surface area contributed by atoms with Gasteiger partial charge in [-0.05, 0) is 41.3 Å². The van der Waals surface area contributed by atoms with E-state index in [1.54, 1.807) is 0 Å². The summed E-state index contributed by atoms with van der Waals surface area (Å²) in [5, 5.41) is 0. The fraction of sp³-hybridized carbons (Fsp3) is 0.235. The Kier molecular flexibility index (Phi) is 3.18. The number of fused-ring (bicyclic) bond motifs is 1. The summed E-state index contributed by atoms with van der Waals surface area (Å²) < 4.78 is 0. The maximum absolute atomic E-state index is 5.70. The number of rotatable bonds is 3. The molecule has 0 saturated heterocycles. The van der Waals surface area contributed by atoms with Crippen molar-refractivity contribution in [3.05, 3.63) is 59.4 Å². The first-order chi connectivity index (χ1) is 9.61. The molecule has 0 bridgehead atoms. The Labute approximate surface area is 118 Å². The molecule has 2 aromatic carbocycles. The second-order valence-corrected chi connectivity index (χ2v) is 5.53. The number of nitrogens with two attached hydrogens (primary N) is 1. The summed E-state index contributed by atoms with van der Waals surface area (Å²) in [6.45, 7) is 4.40. The van der Waals surface area contributed by atoms with Crippen molar-refractivity contribution >= 4 is 16.7 Å². The summed E-state index contributed by atoms with van der Waals surface area (Å²) in [4.78, 5) is 8.06. The SMILES string of the molecule is CC(C)c1ccc2nc(Cc3ccc(N)cc3)[nH]c2c1. The van der Waals surface area contributed by atoms with Gasteiger partial charge < -0.3 is 10.7 Å². The fourth-order valence-corrected chi connectivity index (χ4v) is 2.35. The second-order valence-electron chi connectivity index (χ2n) is 5.53. The lowest BCUT2D eigenvalue weighted by Crippen LogP contribution is -1.91. The van der Waals surface area contributed by atoms with Crippen LogP contribution < -0.4 is 5.73 Å². The molecule has 102 valence electrons. The molecule has 1 aromatic heterocycles. The molecule has 20 heavy (non-hydrogen) atoms. The lowest BCUT2D eigenvalue weighted by molar-refractivity contribution is 0.868. The Morgan fingerprint density at radius 3 is 2.55 bits per heavy atom. The van der Waals surface area contributed by atoms with Gasteiger partial charge >= 0.3 is 0 Å². The van der Waals surface area contributed by atoms with Gasteiger partial charge in [-0.2, -0.15) is 0 Å². The summed E-state index contributed by atoms with van der Waals surface area (Å²) in [5.41, 5.74) is 11.2. The molecular weight excluding hydrogens is 246 g/mol. The van der Waals surface area contributed by atoms with Crippen LogP contribution in [0.3, 0.4) is 0 Å². The van der Waals surface area contributed by atoms with Crippen molar-refractivity contribution in [3.63, 3.8) is 0 Å². The van der Waals surface area contributed by atoms with Crippen molar-refractivity contribution in [2.45, 2.75) is 26.2 Å². The number of aromatic amines is 1. The molecule has 0 radical (unpaired) electrons. The zero-order chi connectivity index (χ0) is 14.1. The molecule has 0 aliphatic heterocycles. The minimum absolute atomic E-state index is 0.531. The Morgan fingerprint density at radius 2 is 1.85 bits per heavy atom. The Hall–Kier alpha value is -2.29. The minimum atomic E-state index is 0.531. The van der Waals surface area contributed by atoms with Gasteiger partial charge in [0.05, 0.1) is 11.0 Å². The van der Waals surface area contributed by atoms with Crippen molar-refractivity contribution in [2.75, 3.05) is 5.73 Å². The van der Waals surface area contributed by atoms with Crippen LogP contribution in [0.1, 0.15) is 36.7 Å². The molecule has 3 heteroatoms. The standard InChI is InChI=1S/C17H19N3/c1-11(2)13-5-8-15-16(10-13)20-17(19-15)9-12-3-6-14(18)7-4-12/h3-8,10-11H,9,18H2,1-2H3,(H,19,20). The van der Waals surface area contributed by atoms with Gasteiger partial charge in [-0.25, -0.2) is 4.98 Å². The average Bonchev–Trinajstić information content (AvgIpc) is 2.82. The van der Waals surface area contributed by atoms with Gasteiger partial charge in [0.2, 0.25) is 0 Å². The summed E-state index contributed by atoms with van der Waals surface area (Å²) >= 11 is 0. The Balaban J connectivity index is 1.90. The van der Waals surface area contributed by atoms with Gasteiger partial charge in [0, 0.05) is 12.1 Å². The number of H-pyrrole nitrogens is 1. The van der Waals surface area contributed by atoms with Crippen molar-refractivity contribution in [1.29, 1.82) is 0 Å². The van der Waals surface area contributed by atoms with Crippen LogP contribution in [0.5, 0.6) is 0 Å². The highest BCUT2D eigenvalue weighted by molar-refractivity contribution is 5.76. The first-order valence-corrected chi connectivity index (χ1v) is 6.95. The van der Waals surface area contributed by atoms with Crippen molar-refractivity contribution in [2.24, 2.45) is 0 Å². The summed E-state index contributed by atoms with van der Waals surface area (Å²) in [6, 6.07) is 14.4. The predicted molar refractivity (Wildman–Crippen MR) is 83.8 cm³/mol. The number of hydrogen-bond acceptors (Lipinski definition) is 2. The molecule has 0 amide bonds. The molecule has 1 heterocycles. The van der Waals surface area contributed by atoms with Gasteiger partial charge in [0.1, 0.15) is 5.82 Å². The lowest BCUT2D eigenvalue weighted by Gasteiger charge is -2.03. The van der Waals surface area contributed by atoms with Crippen LogP contribution in [-0.4, -0.2) is 9.97 Å². The maximum Gasteiger partial charge on any atom is 0.111 e. The highest BCUT2D eigenvalue weighted by atomic mass is 14.9. The number of nitrogens with zero attached hydrogens (tertiary/aromatic N) is 1. The van der Waals surface area contributed by atoms with E-state index in [9.17, 15) is 0 Å². The molecule has 0 spiro atoms. The monoisotopic (exact) mass is 265 g/mol. The molecule has 3 aromatic rings. The van der Waals surface area contributed by atoms with E-state index in [1.807, 2.05) is 24.3 Å². The van der Waals surface area contributed by atoms with E-state index in [4.69, 9.17) is 5.73 Å². The first kappa shape index (κ1) is 12.7. The van der Waals surface area contributed by atoms with Crippen molar-refractivity contribution < 1.29 is 0 Å². The van der Waals surface area contributed by atoms with Crippen LogP contribution in [0.2, 0.25) is 0 Å². The Bertz CT molecular complexity index is 724. The molecule has 3 nitrogen and oxygen atoms in total. The van der Waals surface area contributed by atoms with Gasteiger partial charge in [-0.3, -0.25) is 0 Å². The van der Waals surface area contributed by atoms with Crippen LogP contribution in [0.15, 0.2) is 42.5 Å². The minimum Gasteiger partial charge on any atom is -0.399 e. The number of anilines is 1. The van der Waals surface area contributed by atoms with Crippen molar-refractivity contribution in [1.82, 2.24) is 9.97 Å². The third-order valence-corrected chi connectivity index (χ3v) is 3.57.